The van der Waals surface area contributed by atoms with Crippen LogP contribution in [0.15, 0.2) is 66.0 Å². The van der Waals surface area contributed by atoms with E-state index in [1.54, 1.807) is 18.6 Å². The van der Waals surface area contributed by atoms with Crippen molar-refractivity contribution >= 4 is 12.0 Å². The third kappa shape index (κ3) is 2.86. The molecule has 2 aromatic heterocycles. The molecule has 1 aliphatic carbocycles. The van der Waals surface area contributed by atoms with Gasteiger partial charge in [0, 0.05) is 36.0 Å². The smallest absolute Gasteiger partial charge is 0.167 e. The van der Waals surface area contributed by atoms with Gasteiger partial charge in [-0.2, -0.15) is 5.10 Å². The van der Waals surface area contributed by atoms with Crippen molar-refractivity contribution in [3.05, 3.63) is 77.9 Å². The topological polar surface area (TPSA) is 60.1 Å². The molecule has 4 rings (SSSR count). The van der Waals surface area contributed by atoms with E-state index >= 15 is 0 Å². The highest BCUT2D eigenvalue weighted by molar-refractivity contribution is 5.99. The Bertz CT molecular complexity index is 958. The molecule has 0 fully saturated rings. The molecule has 5 nitrogen and oxygen atoms in total. The number of carbonyl (C=O) groups is 1. The quantitative estimate of drug-likeness (QED) is 0.674. The van der Waals surface area contributed by atoms with Gasteiger partial charge in [-0.25, -0.2) is 4.68 Å². The van der Waals surface area contributed by atoms with Crippen LogP contribution in [-0.2, 0) is 0 Å². The molecule has 0 aliphatic heterocycles. The zero-order chi connectivity index (χ0) is 18.1. The summed E-state index contributed by atoms with van der Waals surface area (Å²) in [5.74, 6) is 0.125. The molecule has 0 saturated carbocycles. The number of Topliss-reactive ketones (excluding diaryl/α,β-unsaturated/α-hetero) is 1. The Labute approximate surface area is 152 Å². The number of hydrogen-bond acceptors (Lipinski definition) is 4. The van der Waals surface area contributed by atoms with Crippen molar-refractivity contribution < 1.29 is 4.79 Å². The van der Waals surface area contributed by atoms with Crippen molar-refractivity contribution in [1.29, 1.82) is 0 Å². The van der Waals surface area contributed by atoms with Crippen LogP contribution in [0.4, 0.5) is 0 Å². The van der Waals surface area contributed by atoms with E-state index in [0.717, 1.165) is 16.9 Å². The molecule has 0 spiro atoms. The summed E-state index contributed by atoms with van der Waals surface area (Å²) in [5, 5.41) is 4.50. The number of fused-ring (bicyclic) bond motifs is 1. The molecule has 0 saturated heterocycles. The molecule has 0 radical (unpaired) electrons. The van der Waals surface area contributed by atoms with Crippen LogP contribution in [-0.4, -0.2) is 26.8 Å². The summed E-state index contributed by atoms with van der Waals surface area (Å²) in [5.41, 5.74) is 3.10. The van der Waals surface area contributed by atoms with Crippen LogP contribution in [0.25, 0.3) is 5.69 Å². The molecule has 1 atom stereocenters. The van der Waals surface area contributed by atoms with Gasteiger partial charge < -0.3 is 0 Å². The number of aliphatic imine (C=N–C) groups is 1. The number of rotatable bonds is 3. The lowest BCUT2D eigenvalue weighted by molar-refractivity contribution is 0.0884. The van der Waals surface area contributed by atoms with Gasteiger partial charge in [0.05, 0.1) is 29.2 Å². The van der Waals surface area contributed by atoms with Crippen molar-refractivity contribution in [3.8, 4) is 5.69 Å². The maximum Gasteiger partial charge on any atom is 0.167 e. The Kier molecular flexibility index (Phi) is 3.99. The zero-order valence-electron chi connectivity index (χ0n) is 14.8. The fourth-order valence-corrected chi connectivity index (χ4v) is 3.47. The van der Waals surface area contributed by atoms with Crippen LogP contribution in [0.2, 0.25) is 0 Å². The molecule has 130 valence electrons. The minimum Gasteiger partial charge on any atom is -0.294 e. The average Bonchev–Trinajstić information content (AvgIpc) is 3.08. The standard InChI is InChI=1S/C21H20N4O/c1-21(2)11-18(26)17-14-24-25(16-8-4-3-5-9-16)19(17)20(21)23-13-15-7-6-10-22-12-15/h3-10,12-14,20H,11H2,1-2H3. The molecule has 5 heteroatoms. The molecule has 3 aromatic rings. The van der Waals surface area contributed by atoms with E-state index in [4.69, 9.17) is 4.99 Å². The summed E-state index contributed by atoms with van der Waals surface area (Å²) in [6.45, 7) is 4.17. The number of nitrogens with zero attached hydrogens (tertiary/aromatic N) is 4. The second-order valence-electron chi connectivity index (χ2n) is 7.25. The van der Waals surface area contributed by atoms with Crippen molar-refractivity contribution in [3.63, 3.8) is 0 Å². The van der Waals surface area contributed by atoms with Gasteiger partial charge in [0.2, 0.25) is 0 Å². The summed E-state index contributed by atoms with van der Waals surface area (Å²) >= 11 is 0. The predicted molar refractivity (Wildman–Crippen MR) is 101 cm³/mol. The van der Waals surface area contributed by atoms with Gasteiger partial charge in [-0.15, -0.1) is 0 Å². The normalized spacial score (nSPS) is 18.8. The molecular weight excluding hydrogens is 324 g/mol. The van der Waals surface area contributed by atoms with E-state index in [1.165, 1.54) is 0 Å². The van der Waals surface area contributed by atoms with Gasteiger partial charge in [-0.3, -0.25) is 14.8 Å². The molecule has 2 heterocycles. The number of hydrogen-bond donors (Lipinski definition) is 0. The van der Waals surface area contributed by atoms with E-state index in [9.17, 15) is 4.79 Å². The molecular formula is C21H20N4O. The Morgan fingerprint density at radius 3 is 2.69 bits per heavy atom. The number of carbonyl (C=O) groups excluding carboxylic acids is 1. The lowest BCUT2D eigenvalue weighted by Gasteiger charge is -2.35. The molecule has 1 aliphatic rings. The van der Waals surface area contributed by atoms with E-state index in [1.807, 2.05) is 53.4 Å². The second kappa shape index (κ2) is 6.33. The first kappa shape index (κ1) is 16.4. The monoisotopic (exact) mass is 344 g/mol. The highest BCUT2D eigenvalue weighted by Crippen LogP contribution is 2.46. The fraction of sp³-hybridized carbons (Fsp3) is 0.238. The zero-order valence-corrected chi connectivity index (χ0v) is 14.8. The minimum absolute atomic E-state index is 0.125. The molecule has 0 amide bonds. The van der Waals surface area contributed by atoms with Crippen molar-refractivity contribution in [2.24, 2.45) is 10.4 Å². The first-order valence-corrected chi connectivity index (χ1v) is 8.66. The largest absolute Gasteiger partial charge is 0.294 e. The van der Waals surface area contributed by atoms with Gasteiger partial charge in [0.15, 0.2) is 5.78 Å². The van der Waals surface area contributed by atoms with Crippen LogP contribution in [0.1, 0.15) is 47.9 Å². The number of para-hydroxylation sites is 1. The molecule has 1 aromatic carbocycles. The van der Waals surface area contributed by atoms with Crippen molar-refractivity contribution in [2.75, 3.05) is 0 Å². The van der Waals surface area contributed by atoms with E-state index in [0.29, 0.717) is 12.0 Å². The lowest BCUT2D eigenvalue weighted by atomic mass is 9.72. The first-order valence-electron chi connectivity index (χ1n) is 8.66. The number of benzene rings is 1. The van der Waals surface area contributed by atoms with Gasteiger partial charge in [0.25, 0.3) is 0 Å². The van der Waals surface area contributed by atoms with Gasteiger partial charge in [-0.1, -0.05) is 38.1 Å². The van der Waals surface area contributed by atoms with Crippen LogP contribution >= 0.6 is 0 Å². The third-order valence-electron chi connectivity index (χ3n) is 4.78. The van der Waals surface area contributed by atoms with Crippen LogP contribution in [0.5, 0.6) is 0 Å². The maximum absolute atomic E-state index is 12.7. The second-order valence-corrected chi connectivity index (χ2v) is 7.25. The van der Waals surface area contributed by atoms with E-state index < -0.39 is 0 Å². The summed E-state index contributed by atoms with van der Waals surface area (Å²) in [4.78, 5) is 21.6. The number of aromatic nitrogens is 3. The van der Waals surface area contributed by atoms with Gasteiger partial charge in [-0.05, 0) is 18.2 Å². The highest BCUT2D eigenvalue weighted by atomic mass is 16.1. The van der Waals surface area contributed by atoms with Gasteiger partial charge >= 0.3 is 0 Å². The predicted octanol–water partition coefficient (Wildman–Crippen LogP) is 4.04. The summed E-state index contributed by atoms with van der Waals surface area (Å²) in [6.07, 6.45) is 7.48. The maximum atomic E-state index is 12.7. The third-order valence-corrected chi connectivity index (χ3v) is 4.78. The Morgan fingerprint density at radius 1 is 1.15 bits per heavy atom. The molecule has 0 N–H and O–H groups in total. The lowest BCUT2D eigenvalue weighted by Crippen LogP contribution is -2.32. The van der Waals surface area contributed by atoms with E-state index in [-0.39, 0.29) is 17.2 Å². The number of ketones is 1. The summed E-state index contributed by atoms with van der Waals surface area (Å²) < 4.78 is 1.85. The fourth-order valence-electron chi connectivity index (χ4n) is 3.47. The average molecular weight is 344 g/mol. The van der Waals surface area contributed by atoms with Crippen LogP contribution in [0.3, 0.4) is 0 Å². The Morgan fingerprint density at radius 2 is 1.96 bits per heavy atom. The highest BCUT2D eigenvalue weighted by Gasteiger charge is 2.42. The first-order chi connectivity index (χ1) is 12.6. The number of pyridine rings is 1. The Hall–Kier alpha value is -3.08. The van der Waals surface area contributed by atoms with E-state index in [2.05, 4.69) is 23.9 Å². The molecule has 26 heavy (non-hydrogen) atoms. The summed E-state index contributed by atoms with van der Waals surface area (Å²) in [6, 6.07) is 13.6. The summed E-state index contributed by atoms with van der Waals surface area (Å²) in [7, 11) is 0. The van der Waals surface area contributed by atoms with Crippen molar-refractivity contribution in [1.82, 2.24) is 14.8 Å². The van der Waals surface area contributed by atoms with Crippen molar-refractivity contribution in [2.45, 2.75) is 26.3 Å². The Balaban J connectivity index is 1.84. The minimum atomic E-state index is -0.296. The van der Waals surface area contributed by atoms with Crippen LogP contribution < -0.4 is 0 Å². The SMILES string of the molecule is CC1(C)CC(=O)c2cnn(-c3ccccc3)c2C1N=Cc1cccnc1. The van der Waals surface area contributed by atoms with Gasteiger partial charge in [0.1, 0.15) is 0 Å². The molecule has 1 unspecified atom stereocenters. The molecule has 0 bridgehead atoms. The van der Waals surface area contributed by atoms with Crippen LogP contribution in [0, 0.1) is 5.41 Å².